The number of nitrogens with two attached hydrogens (primary N) is 1. The maximum atomic E-state index is 12.9. The summed E-state index contributed by atoms with van der Waals surface area (Å²) in [6.07, 6.45) is 2.61. The lowest BCUT2D eigenvalue weighted by Crippen LogP contribution is -2.39. The van der Waals surface area contributed by atoms with Gasteiger partial charge in [0.2, 0.25) is 5.91 Å². The highest BCUT2D eigenvalue weighted by Crippen LogP contribution is 2.49. The fourth-order valence-electron chi connectivity index (χ4n) is 2.79. The van der Waals surface area contributed by atoms with Crippen molar-refractivity contribution in [2.45, 2.75) is 30.7 Å². The van der Waals surface area contributed by atoms with E-state index in [9.17, 15) is 9.18 Å². The van der Waals surface area contributed by atoms with E-state index in [1.165, 1.54) is 12.1 Å². The number of likely N-dealkylation sites (tertiary alicyclic amines) is 1. The third-order valence-corrected chi connectivity index (χ3v) is 4.07. The Hall–Kier alpha value is -1.42. The van der Waals surface area contributed by atoms with Gasteiger partial charge < -0.3 is 10.6 Å². The Kier molecular flexibility index (Phi) is 2.63. The molecule has 0 radical (unpaired) electrons. The molecule has 3 nitrogen and oxygen atoms in total. The molecule has 2 aliphatic rings. The molecule has 0 unspecified atom stereocenters. The molecule has 1 aromatic carbocycles. The predicted molar refractivity (Wildman–Crippen MR) is 66.5 cm³/mol. The van der Waals surface area contributed by atoms with Crippen LogP contribution in [0.3, 0.4) is 0 Å². The maximum absolute atomic E-state index is 12.9. The van der Waals surface area contributed by atoms with Crippen LogP contribution in [0, 0.1) is 5.82 Å². The summed E-state index contributed by atoms with van der Waals surface area (Å²) in [4.78, 5) is 14.4. The van der Waals surface area contributed by atoms with Crippen LogP contribution in [0.25, 0.3) is 0 Å². The maximum Gasteiger partial charge on any atom is 0.233 e. The molecular formula is C14H17FN2O. The van der Waals surface area contributed by atoms with Gasteiger partial charge in [-0.2, -0.15) is 0 Å². The molecule has 0 bridgehead atoms. The zero-order valence-corrected chi connectivity index (χ0v) is 10.2. The summed E-state index contributed by atoms with van der Waals surface area (Å²) in [5.41, 5.74) is 6.39. The van der Waals surface area contributed by atoms with E-state index in [0.29, 0.717) is 6.54 Å². The highest BCUT2D eigenvalue weighted by molar-refractivity contribution is 5.91. The molecule has 1 aliphatic carbocycles. The average molecular weight is 248 g/mol. The Morgan fingerprint density at radius 1 is 1.33 bits per heavy atom. The van der Waals surface area contributed by atoms with Crippen molar-refractivity contribution in [1.82, 2.24) is 4.90 Å². The van der Waals surface area contributed by atoms with E-state index in [2.05, 4.69) is 0 Å². The lowest BCUT2D eigenvalue weighted by Gasteiger charge is -2.23. The summed E-state index contributed by atoms with van der Waals surface area (Å²) in [5, 5.41) is 0. The minimum absolute atomic E-state index is 0.109. The first kappa shape index (κ1) is 11.7. The number of halogens is 1. The first-order valence-electron chi connectivity index (χ1n) is 6.43. The fourth-order valence-corrected chi connectivity index (χ4v) is 2.79. The number of benzene rings is 1. The largest absolute Gasteiger partial charge is 0.340 e. The lowest BCUT2D eigenvalue weighted by molar-refractivity contribution is -0.132. The van der Waals surface area contributed by atoms with E-state index in [0.717, 1.165) is 31.4 Å². The Labute approximate surface area is 106 Å². The van der Waals surface area contributed by atoms with Crippen LogP contribution in [-0.2, 0) is 10.2 Å². The zero-order chi connectivity index (χ0) is 12.8. The third kappa shape index (κ3) is 1.81. The minimum atomic E-state index is -0.391. The van der Waals surface area contributed by atoms with Gasteiger partial charge in [-0.15, -0.1) is 0 Å². The van der Waals surface area contributed by atoms with Crippen molar-refractivity contribution in [1.29, 1.82) is 0 Å². The van der Waals surface area contributed by atoms with Gasteiger partial charge in [0.1, 0.15) is 5.82 Å². The van der Waals surface area contributed by atoms with Crippen LogP contribution in [0.4, 0.5) is 4.39 Å². The lowest BCUT2D eigenvalue weighted by atomic mass is 9.94. The molecule has 3 rings (SSSR count). The Morgan fingerprint density at radius 2 is 2.00 bits per heavy atom. The van der Waals surface area contributed by atoms with Gasteiger partial charge >= 0.3 is 0 Å². The molecule has 4 heteroatoms. The SMILES string of the molecule is N[C@@H]1CCN(C(=O)C2(c3ccc(F)cc3)CC2)C1. The smallest absolute Gasteiger partial charge is 0.233 e. The van der Waals surface area contributed by atoms with Crippen LogP contribution in [-0.4, -0.2) is 29.9 Å². The quantitative estimate of drug-likeness (QED) is 0.860. The van der Waals surface area contributed by atoms with Gasteiger partial charge in [0.05, 0.1) is 5.41 Å². The van der Waals surface area contributed by atoms with Crippen molar-refractivity contribution >= 4 is 5.91 Å². The summed E-state index contributed by atoms with van der Waals surface area (Å²) in [5.74, 6) is -0.0905. The van der Waals surface area contributed by atoms with Crippen molar-refractivity contribution < 1.29 is 9.18 Å². The Bertz CT molecular complexity index is 467. The highest BCUT2D eigenvalue weighted by Gasteiger charge is 2.53. The molecule has 1 aliphatic heterocycles. The molecule has 96 valence electrons. The number of rotatable bonds is 2. The van der Waals surface area contributed by atoms with Gasteiger partial charge in [0, 0.05) is 19.1 Å². The topological polar surface area (TPSA) is 46.3 Å². The molecule has 0 spiro atoms. The summed E-state index contributed by atoms with van der Waals surface area (Å²) >= 11 is 0. The number of nitrogens with zero attached hydrogens (tertiary/aromatic N) is 1. The van der Waals surface area contributed by atoms with Crippen molar-refractivity contribution in [3.05, 3.63) is 35.6 Å². The van der Waals surface area contributed by atoms with E-state index in [-0.39, 0.29) is 17.8 Å². The van der Waals surface area contributed by atoms with Gasteiger partial charge in [0.15, 0.2) is 0 Å². The van der Waals surface area contributed by atoms with Crippen LogP contribution in [0.1, 0.15) is 24.8 Å². The van der Waals surface area contributed by atoms with Gasteiger partial charge in [-0.3, -0.25) is 4.79 Å². The van der Waals surface area contributed by atoms with Crippen LogP contribution in [0.5, 0.6) is 0 Å². The van der Waals surface area contributed by atoms with Gasteiger partial charge in [-0.1, -0.05) is 12.1 Å². The standard InChI is InChI=1S/C14H17FN2O/c15-11-3-1-10(2-4-11)14(6-7-14)13(18)17-8-5-12(16)9-17/h1-4,12H,5-9,16H2/t12-/m1/s1. The van der Waals surface area contributed by atoms with Crippen molar-refractivity contribution in [2.24, 2.45) is 5.73 Å². The number of carbonyl (C=O) groups is 1. The van der Waals surface area contributed by atoms with E-state index in [1.54, 1.807) is 12.1 Å². The molecule has 2 fully saturated rings. The van der Waals surface area contributed by atoms with Crippen molar-refractivity contribution in [2.75, 3.05) is 13.1 Å². The summed E-state index contributed by atoms with van der Waals surface area (Å²) in [6, 6.07) is 6.43. The van der Waals surface area contributed by atoms with E-state index in [1.807, 2.05) is 4.90 Å². The zero-order valence-electron chi connectivity index (χ0n) is 10.2. The Morgan fingerprint density at radius 3 is 2.50 bits per heavy atom. The van der Waals surface area contributed by atoms with E-state index >= 15 is 0 Å². The fraction of sp³-hybridized carbons (Fsp3) is 0.500. The van der Waals surface area contributed by atoms with Crippen molar-refractivity contribution in [3.8, 4) is 0 Å². The number of hydrogen-bond donors (Lipinski definition) is 1. The number of amides is 1. The van der Waals surface area contributed by atoms with Gasteiger partial charge in [-0.05, 0) is 37.0 Å². The van der Waals surface area contributed by atoms with Crippen LogP contribution >= 0.6 is 0 Å². The first-order valence-corrected chi connectivity index (χ1v) is 6.43. The number of hydrogen-bond acceptors (Lipinski definition) is 2. The third-order valence-electron chi connectivity index (χ3n) is 4.07. The molecule has 1 aromatic rings. The predicted octanol–water partition coefficient (Wildman–Crippen LogP) is 1.42. The molecule has 1 saturated heterocycles. The normalized spacial score (nSPS) is 25.2. The average Bonchev–Trinajstić information content (AvgIpc) is 3.06. The van der Waals surface area contributed by atoms with E-state index < -0.39 is 5.41 Å². The second-order valence-corrected chi connectivity index (χ2v) is 5.39. The van der Waals surface area contributed by atoms with Crippen LogP contribution in [0.2, 0.25) is 0 Å². The molecule has 18 heavy (non-hydrogen) atoms. The molecule has 1 amide bonds. The monoisotopic (exact) mass is 248 g/mol. The molecule has 2 N–H and O–H groups in total. The van der Waals surface area contributed by atoms with E-state index in [4.69, 9.17) is 5.73 Å². The van der Waals surface area contributed by atoms with Gasteiger partial charge in [0.25, 0.3) is 0 Å². The summed E-state index contributed by atoms with van der Waals surface area (Å²) in [7, 11) is 0. The second-order valence-electron chi connectivity index (χ2n) is 5.39. The molecule has 1 atom stereocenters. The molecule has 1 heterocycles. The summed E-state index contributed by atoms with van der Waals surface area (Å²) < 4.78 is 12.9. The molecule has 1 saturated carbocycles. The first-order chi connectivity index (χ1) is 8.62. The second kappa shape index (κ2) is 4.05. The number of carbonyl (C=O) groups excluding carboxylic acids is 1. The minimum Gasteiger partial charge on any atom is -0.340 e. The van der Waals surface area contributed by atoms with Gasteiger partial charge in [-0.25, -0.2) is 4.39 Å². The van der Waals surface area contributed by atoms with Crippen LogP contribution in [0.15, 0.2) is 24.3 Å². The summed E-state index contributed by atoms with van der Waals surface area (Å²) in [6.45, 7) is 1.41. The molecule has 0 aromatic heterocycles. The molecular weight excluding hydrogens is 231 g/mol. The highest BCUT2D eigenvalue weighted by atomic mass is 19.1. The van der Waals surface area contributed by atoms with Crippen LogP contribution < -0.4 is 5.73 Å². The Balaban J connectivity index is 1.82. The van der Waals surface area contributed by atoms with Crippen molar-refractivity contribution in [3.63, 3.8) is 0 Å².